The third-order valence-corrected chi connectivity index (χ3v) is 5.02. The molecular formula is C18H22BFN2O3. The molecule has 1 N–H and O–H groups in total. The molecule has 0 unspecified atom stereocenters. The van der Waals surface area contributed by atoms with Gasteiger partial charge >= 0.3 is 7.12 Å². The molecule has 3 rings (SSSR count). The lowest BCUT2D eigenvalue weighted by molar-refractivity contribution is 0.00578. The first kappa shape index (κ1) is 18.0. The summed E-state index contributed by atoms with van der Waals surface area (Å²) in [6, 6.07) is 4.41. The van der Waals surface area contributed by atoms with Crippen molar-refractivity contribution < 1.29 is 18.8 Å². The van der Waals surface area contributed by atoms with E-state index in [1.54, 1.807) is 19.2 Å². The van der Waals surface area contributed by atoms with E-state index in [-0.39, 0.29) is 5.46 Å². The second-order valence-electron chi connectivity index (χ2n) is 7.30. The minimum atomic E-state index is -1.00. The first-order valence-electron chi connectivity index (χ1n) is 8.23. The SMILES string of the molecule is Cc1nccnc1[C@@H](O)c1ccc(F)c(B2OC(C)(C)C(C)(C)O2)c1. The van der Waals surface area contributed by atoms with Gasteiger partial charge in [-0.25, -0.2) is 4.39 Å². The largest absolute Gasteiger partial charge is 0.497 e. The fourth-order valence-corrected chi connectivity index (χ4v) is 2.73. The minimum absolute atomic E-state index is 0.261. The van der Waals surface area contributed by atoms with Gasteiger partial charge in [-0.15, -0.1) is 0 Å². The highest BCUT2D eigenvalue weighted by Gasteiger charge is 2.52. The maximum Gasteiger partial charge on any atom is 0.497 e. The average molecular weight is 344 g/mol. The highest BCUT2D eigenvalue weighted by molar-refractivity contribution is 6.62. The Morgan fingerprint density at radius 3 is 2.28 bits per heavy atom. The number of aliphatic hydroxyl groups is 1. The Hall–Kier alpha value is -1.83. The van der Waals surface area contributed by atoms with Crippen LogP contribution >= 0.6 is 0 Å². The van der Waals surface area contributed by atoms with Crippen LogP contribution in [0.4, 0.5) is 4.39 Å². The van der Waals surface area contributed by atoms with E-state index in [1.165, 1.54) is 18.3 Å². The van der Waals surface area contributed by atoms with Gasteiger partial charge in [-0.1, -0.05) is 12.1 Å². The molecular weight excluding hydrogens is 322 g/mol. The number of hydrogen-bond donors (Lipinski definition) is 1. The summed E-state index contributed by atoms with van der Waals surface area (Å²) in [7, 11) is -0.833. The van der Waals surface area contributed by atoms with Crippen molar-refractivity contribution in [3.05, 3.63) is 53.4 Å². The van der Waals surface area contributed by atoms with Crippen molar-refractivity contribution in [3.8, 4) is 0 Å². The molecule has 7 heteroatoms. The minimum Gasteiger partial charge on any atom is -0.399 e. The van der Waals surface area contributed by atoms with Gasteiger partial charge in [0.2, 0.25) is 0 Å². The standard InChI is InChI=1S/C18H22BFN2O3/c1-11-15(22-9-8-21-11)16(23)12-6-7-14(20)13(10-12)19-24-17(2,3)18(4,5)25-19/h6-10,16,23H,1-5H3/t16-/m0/s1. The molecule has 0 amide bonds. The molecule has 132 valence electrons. The fourth-order valence-electron chi connectivity index (χ4n) is 2.73. The lowest BCUT2D eigenvalue weighted by Gasteiger charge is -2.32. The second kappa shape index (κ2) is 6.16. The number of nitrogens with zero attached hydrogens (tertiary/aromatic N) is 2. The van der Waals surface area contributed by atoms with Crippen LogP contribution in [0, 0.1) is 12.7 Å². The summed E-state index contributed by atoms with van der Waals surface area (Å²) in [5.74, 6) is -0.440. The summed E-state index contributed by atoms with van der Waals surface area (Å²) >= 11 is 0. The van der Waals surface area contributed by atoms with E-state index in [4.69, 9.17) is 9.31 Å². The zero-order chi connectivity index (χ0) is 18.4. The summed E-state index contributed by atoms with van der Waals surface area (Å²) in [5.41, 5.74) is 0.692. The number of hydrogen-bond acceptors (Lipinski definition) is 5. The highest BCUT2D eigenvalue weighted by Crippen LogP contribution is 2.36. The van der Waals surface area contributed by atoms with E-state index in [0.717, 1.165) is 0 Å². The molecule has 0 saturated carbocycles. The lowest BCUT2D eigenvalue weighted by atomic mass is 9.77. The van der Waals surface area contributed by atoms with Crippen LogP contribution < -0.4 is 5.46 Å². The molecule has 1 fully saturated rings. The van der Waals surface area contributed by atoms with Crippen molar-refractivity contribution in [2.45, 2.75) is 51.9 Å². The van der Waals surface area contributed by atoms with Gasteiger partial charge in [0, 0.05) is 17.9 Å². The van der Waals surface area contributed by atoms with Crippen molar-refractivity contribution in [1.29, 1.82) is 0 Å². The first-order valence-corrected chi connectivity index (χ1v) is 8.23. The van der Waals surface area contributed by atoms with Crippen molar-refractivity contribution >= 4 is 12.6 Å². The van der Waals surface area contributed by atoms with Crippen molar-refractivity contribution in [3.63, 3.8) is 0 Å². The van der Waals surface area contributed by atoms with Crippen LogP contribution in [0.2, 0.25) is 0 Å². The molecule has 0 radical (unpaired) electrons. The highest BCUT2D eigenvalue weighted by atomic mass is 19.1. The van der Waals surface area contributed by atoms with E-state index in [9.17, 15) is 9.50 Å². The molecule has 1 aromatic carbocycles. The Labute approximate surface area is 147 Å². The normalized spacial score (nSPS) is 19.9. The van der Waals surface area contributed by atoms with Crippen LogP contribution in [-0.2, 0) is 9.31 Å². The zero-order valence-corrected chi connectivity index (χ0v) is 15.1. The summed E-state index contributed by atoms with van der Waals surface area (Å²) in [5, 5.41) is 10.6. The summed E-state index contributed by atoms with van der Waals surface area (Å²) in [4.78, 5) is 8.32. The zero-order valence-electron chi connectivity index (χ0n) is 15.1. The average Bonchev–Trinajstić information content (AvgIpc) is 2.75. The number of aliphatic hydroxyl groups excluding tert-OH is 1. The number of halogens is 1. The molecule has 25 heavy (non-hydrogen) atoms. The monoisotopic (exact) mass is 344 g/mol. The quantitative estimate of drug-likeness (QED) is 0.866. The summed E-state index contributed by atoms with van der Waals surface area (Å²) in [6.07, 6.45) is 2.08. The van der Waals surface area contributed by atoms with Crippen LogP contribution in [0.15, 0.2) is 30.6 Å². The topological polar surface area (TPSA) is 64.5 Å². The van der Waals surface area contributed by atoms with Gasteiger partial charge < -0.3 is 14.4 Å². The number of aryl methyl sites for hydroxylation is 1. The van der Waals surface area contributed by atoms with Gasteiger partial charge in [0.05, 0.1) is 22.6 Å². The molecule has 0 bridgehead atoms. The Bertz CT molecular complexity index is 782. The Morgan fingerprint density at radius 2 is 1.68 bits per heavy atom. The fraction of sp³-hybridized carbons (Fsp3) is 0.444. The molecule has 1 saturated heterocycles. The van der Waals surface area contributed by atoms with Crippen molar-refractivity contribution in [1.82, 2.24) is 9.97 Å². The summed E-state index contributed by atoms with van der Waals surface area (Å²) in [6.45, 7) is 9.41. The van der Waals surface area contributed by atoms with E-state index < -0.39 is 30.2 Å². The molecule has 5 nitrogen and oxygen atoms in total. The summed E-state index contributed by atoms with van der Waals surface area (Å²) < 4.78 is 26.2. The van der Waals surface area contributed by atoms with Crippen LogP contribution in [0.5, 0.6) is 0 Å². The van der Waals surface area contributed by atoms with Gasteiger partial charge in [-0.05, 0) is 46.2 Å². The molecule has 1 aromatic heterocycles. The van der Waals surface area contributed by atoms with Gasteiger partial charge in [0.15, 0.2) is 0 Å². The Balaban J connectivity index is 1.96. The van der Waals surface area contributed by atoms with E-state index >= 15 is 0 Å². The second-order valence-corrected chi connectivity index (χ2v) is 7.30. The molecule has 2 heterocycles. The van der Waals surface area contributed by atoms with Crippen LogP contribution in [0.3, 0.4) is 0 Å². The maximum atomic E-state index is 14.4. The Morgan fingerprint density at radius 1 is 1.08 bits per heavy atom. The lowest BCUT2D eigenvalue weighted by Crippen LogP contribution is -2.41. The molecule has 0 spiro atoms. The van der Waals surface area contributed by atoms with Gasteiger partial charge in [0.25, 0.3) is 0 Å². The number of rotatable bonds is 3. The van der Waals surface area contributed by atoms with Crippen molar-refractivity contribution in [2.75, 3.05) is 0 Å². The first-order chi connectivity index (χ1) is 11.6. The van der Waals surface area contributed by atoms with Gasteiger partial charge in [-0.3, -0.25) is 9.97 Å². The predicted octanol–water partition coefficient (Wildman–Crippen LogP) is 2.31. The third-order valence-electron chi connectivity index (χ3n) is 5.02. The Kier molecular flexibility index (Phi) is 4.43. The predicted molar refractivity (Wildman–Crippen MR) is 92.9 cm³/mol. The molecule has 1 atom stereocenters. The van der Waals surface area contributed by atoms with Crippen LogP contribution in [0.1, 0.15) is 50.8 Å². The molecule has 0 aliphatic carbocycles. The molecule has 1 aliphatic heterocycles. The third kappa shape index (κ3) is 3.19. The van der Waals surface area contributed by atoms with Crippen molar-refractivity contribution in [2.24, 2.45) is 0 Å². The number of aromatic nitrogens is 2. The number of benzene rings is 1. The van der Waals surface area contributed by atoms with Gasteiger partial charge in [0.1, 0.15) is 11.9 Å². The molecule has 1 aliphatic rings. The van der Waals surface area contributed by atoms with Crippen LogP contribution in [0.25, 0.3) is 0 Å². The van der Waals surface area contributed by atoms with E-state index in [0.29, 0.717) is 17.0 Å². The van der Waals surface area contributed by atoms with E-state index in [2.05, 4.69) is 9.97 Å². The van der Waals surface area contributed by atoms with E-state index in [1.807, 2.05) is 27.7 Å². The smallest absolute Gasteiger partial charge is 0.399 e. The maximum absolute atomic E-state index is 14.4. The van der Waals surface area contributed by atoms with Crippen LogP contribution in [-0.4, -0.2) is 33.4 Å². The molecule has 2 aromatic rings. The van der Waals surface area contributed by atoms with Gasteiger partial charge in [-0.2, -0.15) is 0 Å².